The summed E-state index contributed by atoms with van der Waals surface area (Å²) in [6.07, 6.45) is 4.50. The molecule has 138 valence electrons. The fraction of sp³-hybridized carbons (Fsp3) is 0.304. The van der Waals surface area contributed by atoms with Gasteiger partial charge >= 0.3 is 0 Å². The maximum atomic E-state index is 11.9. The molecule has 0 saturated carbocycles. The fourth-order valence-electron chi connectivity index (χ4n) is 3.93. The molecule has 2 heterocycles. The van der Waals surface area contributed by atoms with E-state index >= 15 is 0 Å². The second-order valence-electron chi connectivity index (χ2n) is 7.39. The largest absolute Gasteiger partial charge is 0.345 e. The van der Waals surface area contributed by atoms with E-state index in [1.165, 1.54) is 11.3 Å². The molecule has 0 aliphatic carbocycles. The molecule has 1 aliphatic heterocycles. The Hall–Kier alpha value is -2.88. The highest BCUT2D eigenvalue weighted by Gasteiger charge is 2.27. The summed E-state index contributed by atoms with van der Waals surface area (Å²) in [7, 11) is 1.89. The quantitative estimate of drug-likeness (QED) is 0.671. The van der Waals surface area contributed by atoms with Crippen molar-refractivity contribution in [3.05, 3.63) is 78.2 Å². The summed E-state index contributed by atoms with van der Waals surface area (Å²) in [6, 6.07) is 21.0. The predicted molar refractivity (Wildman–Crippen MR) is 107 cm³/mol. The number of carbonyl (C=O) groups excluding carboxylic acids is 1. The van der Waals surface area contributed by atoms with Crippen molar-refractivity contribution in [1.82, 2.24) is 14.5 Å². The number of hydrogen-bond acceptors (Lipinski definition) is 2. The third-order valence-corrected chi connectivity index (χ3v) is 5.36. The number of benzene rings is 2. The molecule has 1 atom stereocenters. The second-order valence-corrected chi connectivity index (χ2v) is 7.39. The lowest BCUT2D eigenvalue weighted by atomic mass is 10.0. The normalized spacial score (nSPS) is 16.9. The van der Waals surface area contributed by atoms with E-state index in [-0.39, 0.29) is 5.91 Å². The van der Waals surface area contributed by atoms with Crippen molar-refractivity contribution in [3.8, 4) is 11.3 Å². The monoisotopic (exact) mass is 359 g/mol. The summed E-state index contributed by atoms with van der Waals surface area (Å²) < 4.78 is 2.27. The van der Waals surface area contributed by atoms with Crippen LogP contribution in [0.3, 0.4) is 0 Å². The Bertz CT molecular complexity index is 902. The van der Waals surface area contributed by atoms with E-state index in [0.29, 0.717) is 12.3 Å². The van der Waals surface area contributed by atoms with E-state index in [0.717, 1.165) is 37.2 Å². The zero-order valence-electron chi connectivity index (χ0n) is 15.7. The van der Waals surface area contributed by atoms with Gasteiger partial charge in [-0.3, -0.25) is 4.79 Å². The Kier molecular flexibility index (Phi) is 5.05. The van der Waals surface area contributed by atoms with Crippen molar-refractivity contribution in [2.45, 2.75) is 25.8 Å². The highest BCUT2D eigenvalue weighted by Crippen LogP contribution is 2.26. The van der Waals surface area contributed by atoms with E-state index in [9.17, 15) is 4.79 Å². The highest BCUT2D eigenvalue weighted by atomic mass is 16.2. The molecular formula is C23H25N3O. The first-order valence-electron chi connectivity index (χ1n) is 9.58. The molecule has 0 bridgehead atoms. The van der Waals surface area contributed by atoms with E-state index in [1.807, 2.05) is 24.3 Å². The maximum absolute atomic E-state index is 11.9. The molecule has 1 fully saturated rings. The molecule has 27 heavy (non-hydrogen) atoms. The zero-order chi connectivity index (χ0) is 18.6. The molecule has 2 aromatic carbocycles. The van der Waals surface area contributed by atoms with Gasteiger partial charge in [-0.15, -0.1) is 0 Å². The lowest BCUT2D eigenvalue weighted by Crippen LogP contribution is -2.20. The number of rotatable bonds is 6. The van der Waals surface area contributed by atoms with Crippen molar-refractivity contribution in [1.29, 1.82) is 0 Å². The molecule has 4 rings (SSSR count). The first-order valence-corrected chi connectivity index (χ1v) is 9.58. The van der Waals surface area contributed by atoms with Gasteiger partial charge in [0, 0.05) is 43.7 Å². The van der Waals surface area contributed by atoms with Gasteiger partial charge in [-0.25, -0.2) is 4.98 Å². The summed E-state index contributed by atoms with van der Waals surface area (Å²) in [6.45, 7) is 1.68. The van der Waals surface area contributed by atoms with Crippen molar-refractivity contribution in [2.24, 2.45) is 5.92 Å². The van der Waals surface area contributed by atoms with Gasteiger partial charge in [0.1, 0.15) is 0 Å². The van der Waals surface area contributed by atoms with Crippen LogP contribution in [0.5, 0.6) is 0 Å². The Balaban J connectivity index is 1.60. The SMILES string of the molecule is CN1C[C@@H](Cn2cnc(-c3ccccc3)c2CCc2ccccc2)CC1=O. The minimum atomic E-state index is 0.245. The molecule has 0 unspecified atom stereocenters. The van der Waals surface area contributed by atoms with Crippen LogP contribution >= 0.6 is 0 Å². The molecule has 0 spiro atoms. The van der Waals surface area contributed by atoms with Crippen LogP contribution in [0.2, 0.25) is 0 Å². The first kappa shape index (κ1) is 17.5. The Morgan fingerprint density at radius 1 is 1.00 bits per heavy atom. The van der Waals surface area contributed by atoms with E-state index < -0.39 is 0 Å². The maximum Gasteiger partial charge on any atom is 0.222 e. The van der Waals surface area contributed by atoms with Gasteiger partial charge in [0.05, 0.1) is 12.0 Å². The van der Waals surface area contributed by atoms with Crippen LogP contribution in [-0.2, 0) is 24.2 Å². The molecule has 1 aromatic heterocycles. The molecule has 4 heteroatoms. The molecule has 1 aliphatic rings. The topological polar surface area (TPSA) is 38.1 Å². The van der Waals surface area contributed by atoms with Crippen molar-refractivity contribution in [3.63, 3.8) is 0 Å². The number of carbonyl (C=O) groups is 1. The summed E-state index contributed by atoms with van der Waals surface area (Å²) in [5, 5.41) is 0. The predicted octanol–water partition coefficient (Wildman–Crippen LogP) is 3.81. The van der Waals surface area contributed by atoms with Crippen LogP contribution in [-0.4, -0.2) is 34.0 Å². The van der Waals surface area contributed by atoms with Gasteiger partial charge in [0.25, 0.3) is 0 Å². The highest BCUT2D eigenvalue weighted by molar-refractivity contribution is 5.78. The second kappa shape index (κ2) is 7.78. The number of hydrogen-bond donors (Lipinski definition) is 0. The first-order chi connectivity index (χ1) is 13.2. The van der Waals surface area contributed by atoms with Crippen LogP contribution in [0.1, 0.15) is 17.7 Å². The number of nitrogens with zero attached hydrogens (tertiary/aromatic N) is 3. The third-order valence-electron chi connectivity index (χ3n) is 5.36. The molecule has 0 radical (unpaired) electrons. The van der Waals surface area contributed by atoms with Crippen molar-refractivity contribution < 1.29 is 4.79 Å². The van der Waals surface area contributed by atoms with Crippen LogP contribution < -0.4 is 0 Å². The molecule has 4 nitrogen and oxygen atoms in total. The zero-order valence-corrected chi connectivity index (χ0v) is 15.7. The van der Waals surface area contributed by atoms with Gasteiger partial charge in [-0.2, -0.15) is 0 Å². The van der Waals surface area contributed by atoms with Gasteiger partial charge in [-0.05, 0) is 18.4 Å². The number of imidazole rings is 1. The van der Waals surface area contributed by atoms with Crippen LogP contribution in [0, 0.1) is 5.92 Å². The van der Waals surface area contributed by atoms with E-state index in [4.69, 9.17) is 4.98 Å². The third kappa shape index (κ3) is 3.95. The Morgan fingerprint density at radius 3 is 2.37 bits per heavy atom. The minimum Gasteiger partial charge on any atom is -0.345 e. The summed E-state index contributed by atoms with van der Waals surface area (Å²) in [4.78, 5) is 18.5. The Morgan fingerprint density at radius 2 is 1.70 bits per heavy atom. The summed E-state index contributed by atoms with van der Waals surface area (Å²) in [5.74, 6) is 0.602. The van der Waals surface area contributed by atoms with Gasteiger partial charge < -0.3 is 9.47 Å². The van der Waals surface area contributed by atoms with Crippen LogP contribution in [0.4, 0.5) is 0 Å². The molecule has 1 saturated heterocycles. The van der Waals surface area contributed by atoms with Gasteiger partial charge in [0.2, 0.25) is 5.91 Å². The summed E-state index contributed by atoms with van der Waals surface area (Å²) >= 11 is 0. The van der Waals surface area contributed by atoms with Gasteiger partial charge in [-0.1, -0.05) is 60.7 Å². The summed E-state index contributed by atoms with van der Waals surface area (Å²) in [5.41, 5.74) is 4.80. The van der Waals surface area contributed by atoms with Gasteiger partial charge in [0.15, 0.2) is 0 Å². The Labute approximate surface area is 160 Å². The van der Waals surface area contributed by atoms with Crippen molar-refractivity contribution in [2.75, 3.05) is 13.6 Å². The van der Waals surface area contributed by atoms with Crippen molar-refractivity contribution >= 4 is 5.91 Å². The van der Waals surface area contributed by atoms with Crippen LogP contribution in [0.25, 0.3) is 11.3 Å². The molecule has 3 aromatic rings. The molecule has 0 N–H and O–H groups in total. The minimum absolute atomic E-state index is 0.245. The standard InChI is InChI=1S/C23H25N3O/c1-25-15-19(14-22(25)27)16-26-17-24-23(20-10-6-3-7-11-20)21(26)13-12-18-8-4-2-5-9-18/h2-11,17,19H,12-16H2,1H3/t19-/m0/s1. The molecular weight excluding hydrogens is 334 g/mol. The number of aryl methyl sites for hydroxylation is 1. The average molecular weight is 359 g/mol. The molecule has 1 amide bonds. The van der Waals surface area contributed by atoms with E-state index in [2.05, 4.69) is 59.2 Å². The smallest absolute Gasteiger partial charge is 0.222 e. The number of likely N-dealkylation sites (tertiary alicyclic amines) is 1. The average Bonchev–Trinajstić information content (AvgIpc) is 3.24. The van der Waals surface area contributed by atoms with Crippen LogP contribution in [0.15, 0.2) is 67.0 Å². The lowest BCUT2D eigenvalue weighted by molar-refractivity contribution is -0.126. The number of amides is 1. The fourth-order valence-corrected chi connectivity index (χ4v) is 3.93. The van der Waals surface area contributed by atoms with E-state index in [1.54, 1.807) is 0 Å². The lowest BCUT2D eigenvalue weighted by Gasteiger charge is -2.15. The number of aromatic nitrogens is 2.